The lowest BCUT2D eigenvalue weighted by atomic mass is 10.00. The maximum absolute atomic E-state index is 11.3. The molecule has 5 N–H and O–H groups in total. The van der Waals surface area contributed by atoms with E-state index in [0.717, 1.165) is 7.11 Å². The van der Waals surface area contributed by atoms with Crippen LogP contribution in [0.1, 0.15) is 0 Å². The van der Waals surface area contributed by atoms with Gasteiger partial charge in [0.15, 0.2) is 6.10 Å². The van der Waals surface area contributed by atoms with E-state index in [1.165, 1.54) is 11.8 Å². The predicted molar refractivity (Wildman–Crippen MR) is 60.2 cm³/mol. The first-order valence-electron chi connectivity index (χ1n) is 5.12. The number of carbonyl (C=O) groups excluding carboxylic acids is 1. The van der Waals surface area contributed by atoms with Gasteiger partial charge >= 0.3 is 5.97 Å². The van der Waals surface area contributed by atoms with Crippen molar-refractivity contribution in [2.45, 2.75) is 29.9 Å². The van der Waals surface area contributed by atoms with Gasteiger partial charge in [-0.05, 0) is 0 Å². The van der Waals surface area contributed by atoms with E-state index in [9.17, 15) is 20.1 Å². The molecule has 1 rings (SSSR count). The van der Waals surface area contributed by atoms with Crippen molar-refractivity contribution in [2.75, 3.05) is 19.4 Å². The number of nitrogens with two attached hydrogens (primary N) is 1. The summed E-state index contributed by atoms with van der Waals surface area (Å²) < 4.78 is 9.65. The summed E-state index contributed by atoms with van der Waals surface area (Å²) in [5.41, 5.74) is 4.49. The highest BCUT2D eigenvalue weighted by molar-refractivity contribution is 7.99. The number of ether oxygens (including phenoxy) is 2. The summed E-state index contributed by atoms with van der Waals surface area (Å²) >= 11 is 1.17. The van der Waals surface area contributed by atoms with E-state index in [-0.39, 0.29) is 0 Å². The number of esters is 1. The Morgan fingerprint density at radius 2 is 2.00 bits per heavy atom. The largest absolute Gasteiger partial charge is 0.467 e. The lowest BCUT2D eigenvalue weighted by Gasteiger charge is -2.38. The van der Waals surface area contributed by atoms with Crippen LogP contribution in [0.4, 0.5) is 0 Å². The molecule has 0 aromatic carbocycles. The van der Waals surface area contributed by atoms with Crippen LogP contribution in [0.15, 0.2) is 0 Å². The number of carbonyl (C=O) groups is 1. The molecule has 1 heterocycles. The standard InChI is InChI=1S/C9H17NO6S/c1-15-8(14)7-5(12)4(11)6(13)9(16-7)17-3-2-10/h4-7,9,11-13H,2-3,10H2,1H3. The normalized spacial score (nSPS) is 37.8. The molecule has 1 aliphatic rings. The van der Waals surface area contributed by atoms with Crippen LogP contribution in [-0.4, -0.2) is 70.5 Å². The SMILES string of the molecule is COC(=O)C1OC(SCCN)C(O)C(O)C1O. The zero-order valence-electron chi connectivity index (χ0n) is 9.35. The highest BCUT2D eigenvalue weighted by Crippen LogP contribution is 2.28. The van der Waals surface area contributed by atoms with E-state index in [0.29, 0.717) is 12.3 Å². The highest BCUT2D eigenvalue weighted by Gasteiger charge is 2.47. The summed E-state index contributed by atoms with van der Waals surface area (Å²) in [6, 6.07) is 0. The molecule has 0 aromatic heterocycles. The average Bonchev–Trinajstić information content (AvgIpc) is 2.34. The van der Waals surface area contributed by atoms with Crippen LogP contribution in [0, 0.1) is 0 Å². The van der Waals surface area contributed by atoms with Gasteiger partial charge in [-0.1, -0.05) is 0 Å². The Labute approximate surface area is 103 Å². The van der Waals surface area contributed by atoms with Gasteiger partial charge in [-0.3, -0.25) is 0 Å². The maximum Gasteiger partial charge on any atom is 0.337 e. The molecule has 7 nitrogen and oxygen atoms in total. The fourth-order valence-corrected chi connectivity index (χ4v) is 2.41. The van der Waals surface area contributed by atoms with Crippen molar-refractivity contribution in [3.8, 4) is 0 Å². The molecular formula is C9H17NO6S. The predicted octanol–water partition coefficient (Wildman–Crippen LogP) is -2.34. The molecule has 8 heteroatoms. The Morgan fingerprint density at radius 1 is 1.35 bits per heavy atom. The van der Waals surface area contributed by atoms with Crippen LogP contribution >= 0.6 is 11.8 Å². The Bertz CT molecular complexity index is 266. The summed E-state index contributed by atoms with van der Waals surface area (Å²) in [7, 11) is 1.15. The summed E-state index contributed by atoms with van der Waals surface area (Å²) in [5, 5.41) is 28.8. The zero-order chi connectivity index (χ0) is 13.0. The first-order valence-corrected chi connectivity index (χ1v) is 6.17. The third kappa shape index (κ3) is 3.30. The molecule has 0 saturated carbocycles. The quantitative estimate of drug-likeness (QED) is 0.418. The molecule has 0 amide bonds. The number of aliphatic hydroxyl groups is 3. The Kier molecular flexibility index (Phi) is 5.63. The van der Waals surface area contributed by atoms with Gasteiger partial charge in [0, 0.05) is 12.3 Å². The second kappa shape index (κ2) is 6.53. The van der Waals surface area contributed by atoms with Gasteiger partial charge < -0.3 is 30.5 Å². The lowest BCUT2D eigenvalue weighted by Crippen LogP contribution is -2.59. The third-order valence-electron chi connectivity index (χ3n) is 2.40. The van der Waals surface area contributed by atoms with Crippen molar-refractivity contribution in [2.24, 2.45) is 5.73 Å². The second-order valence-corrected chi connectivity index (χ2v) is 4.79. The fourth-order valence-electron chi connectivity index (χ4n) is 1.48. The van der Waals surface area contributed by atoms with Crippen LogP contribution in [0.5, 0.6) is 0 Å². The van der Waals surface area contributed by atoms with E-state index in [1.54, 1.807) is 0 Å². The second-order valence-electron chi connectivity index (χ2n) is 3.58. The molecule has 5 unspecified atom stereocenters. The minimum atomic E-state index is -1.51. The monoisotopic (exact) mass is 267 g/mol. The van der Waals surface area contributed by atoms with Crippen LogP contribution in [0.2, 0.25) is 0 Å². The van der Waals surface area contributed by atoms with Crippen molar-refractivity contribution in [3.05, 3.63) is 0 Å². The van der Waals surface area contributed by atoms with Gasteiger partial charge in [0.2, 0.25) is 0 Å². The van der Waals surface area contributed by atoms with Crippen LogP contribution in [0.25, 0.3) is 0 Å². The van der Waals surface area contributed by atoms with E-state index < -0.39 is 35.8 Å². The van der Waals surface area contributed by atoms with Gasteiger partial charge in [-0.2, -0.15) is 0 Å². The Morgan fingerprint density at radius 3 is 2.53 bits per heavy atom. The van der Waals surface area contributed by atoms with E-state index in [4.69, 9.17) is 10.5 Å². The first-order chi connectivity index (χ1) is 8.02. The summed E-state index contributed by atoms with van der Waals surface area (Å²) in [6.45, 7) is 0.374. The molecule has 1 fully saturated rings. The minimum absolute atomic E-state index is 0.374. The minimum Gasteiger partial charge on any atom is -0.467 e. The van der Waals surface area contributed by atoms with Crippen molar-refractivity contribution in [1.82, 2.24) is 0 Å². The van der Waals surface area contributed by atoms with Crippen LogP contribution in [-0.2, 0) is 14.3 Å². The van der Waals surface area contributed by atoms with E-state index in [1.807, 2.05) is 0 Å². The molecule has 0 aliphatic carbocycles. The molecule has 0 aromatic rings. The average molecular weight is 267 g/mol. The Balaban J connectivity index is 2.71. The topological polar surface area (TPSA) is 122 Å². The summed E-state index contributed by atoms with van der Waals surface area (Å²) in [6.07, 6.45) is -5.54. The maximum atomic E-state index is 11.3. The molecule has 1 aliphatic heterocycles. The lowest BCUT2D eigenvalue weighted by molar-refractivity contribution is -0.211. The van der Waals surface area contributed by atoms with Gasteiger partial charge in [-0.25, -0.2) is 4.79 Å². The van der Waals surface area contributed by atoms with Crippen molar-refractivity contribution in [3.63, 3.8) is 0 Å². The smallest absolute Gasteiger partial charge is 0.337 e. The number of hydrogen-bond acceptors (Lipinski definition) is 8. The van der Waals surface area contributed by atoms with Crippen molar-refractivity contribution >= 4 is 17.7 Å². The van der Waals surface area contributed by atoms with Gasteiger partial charge in [-0.15, -0.1) is 11.8 Å². The highest BCUT2D eigenvalue weighted by atomic mass is 32.2. The number of methoxy groups -OCH3 is 1. The van der Waals surface area contributed by atoms with Crippen LogP contribution in [0.3, 0.4) is 0 Å². The third-order valence-corrected chi connectivity index (χ3v) is 3.59. The van der Waals surface area contributed by atoms with Crippen LogP contribution < -0.4 is 5.73 Å². The molecule has 5 atom stereocenters. The number of thioether (sulfide) groups is 1. The first kappa shape index (κ1) is 14.7. The molecule has 1 saturated heterocycles. The van der Waals surface area contributed by atoms with Gasteiger partial charge in [0.25, 0.3) is 0 Å². The van der Waals surface area contributed by atoms with E-state index in [2.05, 4.69) is 4.74 Å². The Hall–Kier alpha value is -0.380. The van der Waals surface area contributed by atoms with Gasteiger partial charge in [0.05, 0.1) is 7.11 Å². The fraction of sp³-hybridized carbons (Fsp3) is 0.889. The molecule has 0 radical (unpaired) electrons. The van der Waals surface area contributed by atoms with E-state index >= 15 is 0 Å². The molecule has 100 valence electrons. The van der Waals surface area contributed by atoms with Crippen molar-refractivity contribution in [1.29, 1.82) is 0 Å². The van der Waals surface area contributed by atoms with Crippen molar-refractivity contribution < 1.29 is 29.6 Å². The number of hydrogen-bond donors (Lipinski definition) is 4. The number of rotatable bonds is 4. The molecule has 17 heavy (non-hydrogen) atoms. The molecule has 0 bridgehead atoms. The molecular weight excluding hydrogens is 250 g/mol. The summed E-state index contributed by atoms with van der Waals surface area (Å²) in [5.74, 6) is -0.292. The summed E-state index contributed by atoms with van der Waals surface area (Å²) in [4.78, 5) is 11.3. The van der Waals surface area contributed by atoms with Gasteiger partial charge in [0.1, 0.15) is 23.7 Å². The number of aliphatic hydroxyl groups excluding tert-OH is 3. The zero-order valence-corrected chi connectivity index (χ0v) is 10.2. The molecule has 0 spiro atoms.